The fraction of sp³-hybridized carbons (Fsp3) is 0.333. The topological polar surface area (TPSA) is 68.2 Å². The van der Waals surface area contributed by atoms with Crippen LogP contribution >= 0.6 is 24.0 Å². The number of benzene rings is 1. The average Bonchev–Trinajstić information content (AvgIpc) is 3.00. The Labute approximate surface area is 142 Å². The van der Waals surface area contributed by atoms with E-state index in [2.05, 4.69) is 22.3 Å². The molecule has 1 aromatic heterocycles. The van der Waals surface area contributed by atoms with Gasteiger partial charge >= 0.3 is 0 Å². The van der Waals surface area contributed by atoms with Crippen LogP contribution in [-0.2, 0) is 6.54 Å². The first kappa shape index (κ1) is 17.5. The maximum atomic E-state index is 5.79. The van der Waals surface area contributed by atoms with E-state index in [0.29, 0.717) is 12.5 Å². The maximum Gasteiger partial charge on any atom is 0.188 e. The highest BCUT2D eigenvalue weighted by molar-refractivity contribution is 14.0. The molecule has 114 valence electrons. The van der Waals surface area contributed by atoms with Gasteiger partial charge in [0.2, 0.25) is 0 Å². The number of hydrogen-bond acceptors (Lipinski definition) is 2. The van der Waals surface area contributed by atoms with Gasteiger partial charge in [0.15, 0.2) is 5.96 Å². The molecule has 0 radical (unpaired) electrons. The lowest BCUT2D eigenvalue weighted by Crippen LogP contribution is -2.32. The fourth-order valence-corrected chi connectivity index (χ4v) is 1.80. The molecule has 2 rings (SSSR count). The molecule has 0 aliphatic rings. The summed E-state index contributed by atoms with van der Waals surface area (Å²) in [5.41, 5.74) is 7.96. The van der Waals surface area contributed by atoms with Crippen molar-refractivity contribution in [3.63, 3.8) is 0 Å². The highest BCUT2D eigenvalue weighted by atomic mass is 127. The number of nitrogens with zero attached hydrogens (tertiary/aromatic N) is 3. The van der Waals surface area contributed by atoms with Crippen LogP contribution in [0, 0.1) is 0 Å². The molecule has 2 aromatic rings. The van der Waals surface area contributed by atoms with Crippen LogP contribution in [0.4, 0.5) is 0 Å². The van der Waals surface area contributed by atoms with E-state index < -0.39 is 0 Å². The summed E-state index contributed by atoms with van der Waals surface area (Å²) in [7, 11) is 0. The predicted octanol–water partition coefficient (Wildman–Crippen LogP) is 2.69. The third kappa shape index (κ3) is 5.74. The van der Waals surface area contributed by atoms with Crippen LogP contribution in [0.2, 0.25) is 0 Å². The van der Waals surface area contributed by atoms with Crippen LogP contribution in [0.15, 0.2) is 47.7 Å². The number of aromatic nitrogens is 2. The summed E-state index contributed by atoms with van der Waals surface area (Å²) in [5.74, 6) is 0.509. The van der Waals surface area contributed by atoms with Crippen LogP contribution in [0.1, 0.15) is 25.3 Å². The Morgan fingerprint density at radius 3 is 2.71 bits per heavy atom. The minimum absolute atomic E-state index is 0. The van der Waals surface area contributed by atoms with Gasteiger partial charge in [0.05, 0.1) is 12.2 Å². The van der Waals surface area contributed by atoms with E-state index >= 15 is 0 Å². The minimum atomic E-state index is 0. The SMILES string of the molecule is CCCCNC(N)=NCc1ccc(-n2cccn2)cc1.I. The van der Waals surface area contributed by atoms with Crippen LogP contribution < -0.4 is 11.1 Å². The smallest absolute Gasteiger partial charge is 0.188 e. The van der Waals surface area contributed by atoms with E-state index in [1.165, 1.54) is 0 Å². The number of guanidine groups is 1. The van der Waals surface area contributed by atoms with Crippen molar-refractivity contribution in [3.8, 4) is 5.69 Å². The van der Waals surface area contributed by atoms with E-state index in [1.54, 1.807) is 6.20 Å². The Morgan fingerprint density at radius 2 is 2.10 bits per heavy atom. The van der Waals surface area contributed by atoms with Gasteiger partial charge in [-0.2, -0.15) is 5.10 Å². The second-order valence-corrected chi connectivity index (χ2v) is 4.60. The molecule has 0 saturated heterocycles. The Hall–Kier alpha value is -1.57. The summed E-state index contributed by atoms with van der Waals surface area (Å²) in [6.45, 7) is 3.62. The zero-order chi connectivity index (χ0) is 14.2. The quantitative estimate of drug-likeness (QED) is 0.340. The standard InChI is InChI=1S/C15H21N5.HI/c1-2-3-9-17-15(16)18-12-13-5-7-14(8-6-13)20-11-4-10-19-20;/h4-8,10-11H,2-3,9,12H2,1H3,(H3,16,17,18);1H. The van der Waals surface area contributed by atoms with Gasteiger partial charge in [-0.1, -0.05) is 25.5 Å². The molecule has 0 spiro atoms. The first-order valence-corrected chi connectivity index (χ1v) is 6.92. The number of rotatable bonds is 6. The van der Waals surface area contributed by atoms with Gasteiger partial charge in [0.25, 0.3) is 0 Å². The predicted molar refractivity (Wildman–Crippen MR) is 97.2 cm³/mol. The van der Waals surface area contributed by atoms with Crippen molar-refractivity contribution < 1.29 is 0 Å². The molecule has 1 heterocycles. The van der Waals surface area contributed by atoms with Crippen molar-refractivity contribution in [2.75, 3.05) is 6.54 Å². The molecule has 0 amide bonds. The van der Waals surface area contributed by atoms with Crippen molar-refractivity contribution in [3.05, 3.63) is 48.3 Å². The first-order valence-electron chi connectivity index (χ1n) is 6.92. The molecule has 6 heteroatoms. The minimum Gasteiger partial charge on any atom is -0.370 e. The van der Waals surface area contributed by atoms with E-state index in [-0.39, 0.29) is 24.0 Å². The lowest BCUT2D eigenvalue weighted by molar-refractivity contribution is 0.748. The Kier molecular flexibility index (Phi) is 7.81. The van der Waals surface area contributed by atoms with Crippen molar-refractivity contribution in [1.82, 2.24) is 15.1 Å². The normalized spacial score (nSPS) is 11.0. The lowest BCUT2D eigenvalue weighted by atomic mass is 10.2. The van der Waals surface area contributed by atoms with Crippen LogP contribution in [0.5, 0.6) is 0 Å². The number of nitrogens with two attached hydrogens (primary N) is 1. The van der Waals surface area contributed by atoms with E-state index in [0.717, 1.165) is 30.6 Å². The summed E-state index contributed by atoms with van der Waals surface area (Å²) in [4.78, 5) is 4.32. The van der Waals surface area contributed by atoms with Gasteiger partial charge in [-0.3, -0.25) is 0 Å². The summed E-state index contributed by atoms with van der Waals surface area (Å²) in [6.07, 6.45) is 5.94. The average molecular weight is 399 g/mol. The number of halogens is 1. The van der Waals surface area contributed by atoms with Gasteiger partial charge in [-0.15, -0.1) is 24.0 Å². The van der Waals surface area contributed by atoms with Crippen LogP contribution in [0.3, 0.4) is 0 Å². The number of unbranched alkanes of at least 4 members (excludes halogenated alkanes) is 1. The highest BCUT2D eigenvalue weighted by Gasteiger charge is 1.97. The second kappa shape index (κ2) is 9.38. The summed E-state index contributed by atoms with van der Waals surface area (Å²) >= 11 is 0. The second-order valence-electron chi connectivity index (χ2n) is 4.60. The van der Waals surface area contributed by atoms with E-state index in [4.69, 9.17) is 5.73 Å². The molecule has 0 unspecified atom stereocenters. The molecule has 0 aliphatic heterocycles. The summed E-state index contributed by atoms with van der Waals surface area (Å²) in [5, 5.41) is 7.29. The zero-order valence-electron chi connectivity index (χ0n) is 12.2. The molecule has 0 fully saturated rings. The molecule has 5 nitrogen and oxygen atoms in total. The Bertz CT molecular complexity index is 534. The van der Waals surface area contributed by atoms with Gasteiger partial charge in [-0.05, 0) is 30.2 Å². The summed E-state index contributed by atoms with van der Waals surface area (Å²) in [6, 6.07) is 10.0. The van der Waals surface area contributed by atoms with Crippen LogP contribution in [0.25, 0.3) is 5.69 Å². The van der Waals surface area contributed by atoms with Crippen molar-refractivity contribution in [1.29, 1.82) is 0 Å². The third-order valence-electron chi connectivity index (χ3n) is 2.97. The van der Waals surface area contributed by atoms with Crippen molar-refractivity contribution in [2.24, 2.45) is 10.7 Å². The van der Waals surface area contributed by atoms with Gasteiger partial charge in [0.1, 0.15) is 0 Å². The van der Waals surface area contributed by atoms with Crippen LogP contribution in [-0.4, -0.2) is 22.3 Å². The highest BCUT2D eigenvalue weighted by Crippen LogP contribution is 2.09. The molecular weight excluding hydrogens is 377 g/mol. The lowest BCUT2D eigenvalue weighted by Gasteiger charge is -2.05. The first-order chi connectivity index (χ1) is 9.79. The molecule has 3 N–H and O–H groups in total. The molecule has 21 heavy (non-hydrogen) atoms. The monoisotopic (exact) mass is 399 g/mol. The molecular formula is C15H22IN5. The zero-order valence-corrected chi connectivity index (χ0v) is 14.5. The van der Waals surface area contributed by atoms with E-state index in [1.807, 2.05) is 41.2 Å². The number of aliphatic imine (C=N–C) groups is 1. The fourth-order valence-electron chi connectivity index (χ4n) is 1.80. The van der Waals surface area contributed by atoms with E-state index in [9.17, 15) is 0 Å². The van der Waals surface area contributed by atoms with Crippen molar-refractivity contribution in [2.45, 2.75) is 26.3 Å². The molecule has 0 aliphatic carbocycles. The van der Waals surface area contributed by atoms with Crippen molar-refractivity contribution >= 4 is 29.9 Å². The number of hydrogen-bond donors (Lipinski definition) is 2. The largest absolute Gasteiger partial charge is 0.370 e. The Morgan fingerprint density at radius 1 is 1.33 bits per heavy atom. The third-order valence-corrected chi connectivity index (χ3v) is 2.97. The van der Waals surface area contributed by atoms with Gasteiger partial charge < -0.3 is 11.1 Å². The maximum absolute atomic E-state index is 5.79. The molecule has 0 bridgehead atoms. The number of nitrogens with one attached hydrogen (secondary N) is 1. The summed E-state index contributed by atoms with van der Waals surface area (Å²) < 4.78 is 1.83. The molecule has 1 aromatic carbocycles. The van der Waals surface area contributed by atoms with Gasteiger partial charge in [0, 0.05) is 18.9 Å². The molecule has 0 atom stereocenters. The van der Waals surface area contributed by atoms with Gasteiger partial charge in [-0.25, -0.2) is 9.67 Å². The molecule has 0 saturated carbocycles. The Balaban J connectivity index is 0.00000220.